The van der Waals surface area contributed by atoms with Crippen LogP contribution in [0.3, 0.4) is 0 Å². The maximum atomic E-state index is 11.6. The standard InChI is InChI=1S/C11H25NO3S/c1-5-11(6-2,9-13)12-7-8-16(14,15)10(3)4/h10,12-13H,5-9H2,1-4H3. The smallest absolute Gasteiger partial charge is 0.153 e. The molecule has 5 heteroatoms. The summed E-state index contributed by atoms with van der Waals surface area (Å²) >= 11 is 0. The highest BCUT2D eigenvalue weighted by Crippen LogP contribution is 2.13. The molecule has 0 aromatic heterocycles. The lowest BCUT2D eigenvalue weighted by Crippen LogP contribution is -2.49. The summed E-state index contributed by atoms with van der Waals surface area (Å²) in [6, 6.07) is 0. The van der Waals surface area contributed by atoms with E-state index in [-0.39, 0.29) is 23.1 Å². The third-order valence-electron chi connectivity index (χ3n) is 3.26. The molecule has 2 N–H and O–H groups in total. The second kappa shape index (κ2) is 6.57. The van der Waals surface area contributed by atoms with Gasteiger partial charge in [-0.1, -0.05) is 13.8 Å². The predicted octanol–water partition coefficient (Wildman–Crippen LogP) is 0.950. The average Bonchev–Trinajstić information content (AvgIpc) is 2.25. The molecule has 0 aromatic carbocycles. The Morgan fingerprint density at radius 3 is 2.06 bits per heavy atom. The lowest BCUT2D eigenvalue weighted by Gasteiger charge is -2.31. The van der Waals surface area contributed by atoms with Gasteiger partial charge in [-0.25, -0.2) is 8.42 Å². The van der Waals surface area contributed by atoms with E-state index in [4.69, 9.17) is 0 Å². The van der Waals surface area contributed by atoms with Gasteiger partial charge in [0.25, 0.3) is 0 Å². The molecule has 0 fully saturated rings. The van der Waals surface area contributed by atoms with Crippen molar-refractivity contribution in [2.24, 2.45) is 0 Å². The van der Waals surface area contributed by atoms with E-state index >= 15 is 0 Å². The Bertz CT molecular complexity index is 273. The monoisotopic (exact) mass is 251 g/mol. The van der Waals surface area contributed by atoms with Crippen LogP contribution in [0.1, 0.15) is 40.5 Å². The molecule has 0 rings (SSSR count). The molecular formula is C11H25NO3S. The zero-order valence-corrected chi connectivity index (χ0v) is 11.6. The van der Waals surface area contributed by atoms with E-state index in [0.717, 1.165) is 12.8 Å². The summed E-state index contributed by atoms with van der Waals surface area (Å²) in [5, 5.41) is 12.1. The van der Waals surface area contributed by atoms with Crippen molar-refractivity contribution in [1.82, 2.24) is 5.32 Å². The van der Waals surface area contributed by atoms with Gasteiger partial charge in [0.05, 0.1) is 17.6 Å². The molecule has 0 saturated carbocycles. The summed E-state index contributed by atoms with van der Waals surface area (Å²) in [4.78, 5) is 0. The maximum absolute atomic E-state index is 11.6. The molecule has 98 valence electrons. The van der Waals surface area contributed by atoms with E-state index in [9.17, 15) is 13.5 Å². The van der Waals surface area contributed by atoms with Crippen molar-refractivity contribution in [2.45, 2.75) is 51.3 Å². The van der Waals surface area contributed by atoms with Crippen LogP contribution in [0.25, 0.3) is 0 Å². The molecule has 0 aliphatic carbocycles. The van der Waals surface area contributed by atoms with Crippen LogP contribution in [-0.4, -0.2) is 43.2 Å². The van der Waals surface area contributed by atoms with Crippen LogP contribution in [0.2, 0.25) is 0 Å². The largest absolute Gasteiger partial charge is 0.394 e. The molecule has 0 radical (unpaired) electrons. The van der Waals surface area contributed by atoms with E-state index in [1.54, 1.807) is 13.8 Å². The van der Waals surface area contributed by atoms with Crippen LogP contribution in [-0.2, 0) is 9.84 Å². The van der Waals surface area contributed by atoms with Crippen LogP contribution >= 0.6 is 0 Å². The van der Waals surface area contributed by atoms with Gasteiger partial charge < -0.3 is 10.4 Å². The van der Waals surface area contributed by atoms with Gasteiger partial charge in [0, 0.05) is 12.1 Å². The van der Waals surface area contributed by atoms with Gasteiger partial charge in [0.15, 0.2) is 9.84 Å². The highest BCUT2D eigenvalue weighted by Gasteiger charge is 2.25. The van der Waals surface area contributed by atoms with E-state index in [0.29, 0.717) is 6.54 Å². The zero-order chi connectivity index (χ0) is 12.8. The van der Waals surface area contributed by atoms with E-state index in [1.807, 2.05) is 13.8 Å². The molecule has 0 amide bonds. The molecule has 0 aromatic rings. The Kier molecular flexibility index (Phi) is 6.51. The average molecular weight is 251 g/mol. The Morgan fingerprint density at radius 2 is 1.75 bits per heavy atom. The number of hydrogen-bond acceptors (Lipinski definition) is 4. The topological polar surface area (TPSA) is 66.4 Å². The summed E-state index contributed by atoms with van der Waals surface area (Å²) in [5.74, 6) is 0.131. The Morgan fingerprint density at radius 1 is 1.25 bits per heavy atom. The molecule has 0 saturated heterocycles. The SMILES string of the molecule is CCC(CC)(CO)NCCS(=O)(=O)C(C)C. The zero-order valence-electron chi connectivity index (χ0n) is 10.8. The first kappa shape index (κ1) is 15.9. The van der Waals surface area contributed by atoms with Crippen molar-refractivity contribution < 1.29 is 13.5 Å². The van der Waals surface area contributed by atoms with Gasteiger partial charge >= 0.3 is 0 Å². The van der Waals surface area contributed by atoms with Gasteiger partial charge in [-0.3, -0.25) is 0 Å². The summed E-state index contributed by atoms with van der Waals surface area (Å²) < 4.78 is 23.2. The maximum Gasteiger partial charge on any atom is 0.153 e. The predicted molar refractivity (Wildman–Crippen MR) is 67.3 cm³/mol. The minimum atomic E-state index is -2.99. The van der Waals surface area contributed by atoms with Gasteiger partial charge in [-0.2, -0.15) is 0 Å². The van der Waals surface area contributed by atoms with E-state index in [2.05, 4.69) is 5.32 Å². The number of hydrogen-bond donors (Lipinski definition) is 2. The molecule has 16 heavy (non-hydrogen) atoms. The van der Waals surface area contributed by atoms with E-state index in [1.165, 1.54) is 0 Å². The highest BCUT2D eigenvalue weighted by atomic mass is 32.2. The molecule has 0 aliphatic heterocycles. The van der Waals surface area contributed by atoms with Crippen LogP contribution in [0.4, 0.5) is 0 Å². The van der Waals surface area contributed by atoms with Crippen LogP contribution < -0.4 is 5.32 Å². The molecule has 0 heterocycles. The van der Waals surface area contributed by atoms with Gasteiger partial charge in [-0.15, -0.1) is 0 Å². The van der Waals surface area contributed by atoms with Crippen molar-refractivity contribution in [1.29, 1.82) is 0 Å². The minimum Gasteiger partial charge on any atom is -0.394 e. The van der Waals surface area contributed by atoms with Crippen LogP contribution in [0, 0.1) is 0 Å². The van der Waals surface area contributed by atoms with Crippen molar-refractivity contribution in [3.63, 3.8) is 0 Å². The highest BCUT2D eigenvalue weighted by molar-refractivity contribution is 7.92. The van der Waals surface area contributed by atoms with Crippen LogP contribution in [0.5, 0.6) is 0 Å². The number of nitrogens with one attached hydrogen (secondary N) is 1. The molecule has 0 bridgehead atoms. The summed E-state index contributed by atoms with van der Waals surface area (Å²) in [6.45, 7) is 7.81. The fourth-order valence-electron chi connectivity index (χ4n) is 1.47. The Labute approximate surface area is 99.4 Å². The fourth-order valence-corrected chi connectivity index (χ4v) is 2.33. The molecule has 0 unspecified atom stereocenters. The molecule has 0 spiro atoms. The van der Waals surface area contributed by atoms with Gasteiger partial charge in [0.2, 0.25) is 0 Å². The third kappa shape index (κ3) is 4.39. The fraction of sp³-hybridized carbons (Fsp3) is 1.00. The van der Waals surface area contributed by atoms with Gasteiger partial charge in [-0.05, 0) is 26.7 Å². The molecule has 0 atom stereocenters. The summed E-state index contributed by atoms with van der Waals surface area (Å²) in [6.07, 6.45) is 1.59. The second-order valence-electron chi connectivity index (χ2n) is 4.49. The first-order valence-corrected chi connectivity index (χ1v) is 7.62. The quantitative estimate of drug-likeness (QED) is 0.674. The first-order valence-electron chi connectivity index (χ1n) is 5.91. The van der Waals surface area contributed by atoms with Crippen molar-refractivity contribution in [3.05, 3.63) is 0 Å². The normalized spacial score (nSPS) is 13.4. The van der Waals surface area contributed by atoms with Gasteiger partial charge in [0.1, 0.15) is 0 Å². The second-order valence-corrected chi connectivity index (χ2v) is 7.16. The van der Waals surface area contributed by atoms with Crippen molar-refractivity contribution in [2.75, 3.05) is 18.9 Å². The van der Waals surface area contributed by atoms with Crippen LogP contribution in [0.15, 0.2) is 0 Å². The van der Waals surface area contributed by atoms with Crippen molar-refractivity contribution in [3.8, 4) is 0 Å². The molecule has 4 nitrogen and oxygen atoms in total. The lowest BCUT2D eigenvalue weighted by molar-refractivity contribution is 0.153. The number of aliphatic hydroxyl groups is 1. The number of rotatable bonds is 8. The summed E-state index contributed by atoms with van der Waals surface area (Å²) in [7, 11) is -2.99. The number of aliphatic hydroxyl groups excluding tert-OH is 1. The van der Waals surface area contributed by atoms with Crippen molar-refractivity contribution >= 4 is 9.84 Å². The Balaban J connectivity index is 4.25. The van der Waals surface area contributed by atoms with E-state index < -0.39 is 9.84 Å². The molecule has 0 aliphatic rings. The first-order chi connectivity index (χ1) is 7.33. The molecular weight excluding hydrogens is 226 g/mol. The summed E-state index contributed by atoms with van der Waals surface area (Å²) in [5.41, 5.74) is -0.327. The lowest BCUT2D eigenvalue weighted by atomic mass is 9.94. The third-order valence-corrected chi connectivity index (χ3v) is 5.47. The number of sulfone groups is 1. The minimum absolute atomic E-state index is 0.0434. The Hall–Kier alpha value is -0.130.